The summed E-state index contributed by atoms with van der Waals surface area (Å²) in [4.78, 5) is 11.0. The van der Waals surface area contributed by atoms with Crippen LogP contribution < -0.4 is 4.74 Å². The number of benzene rings is 1. The molecule has 1 N–H and O–H groups in total. The molecule has 0 amide bonds. The number of ether oxygens (including phenoxy) is 1. The van der Waals surface area contributed by atoms with Gasteiger partial charge in [-0.2, -0.15) is 0 Å². The Hall–Kier alpha value is -1.51. The quantitative estimate of drug-likeness (QED) is 0.632. The van der Waals surface area contributed by atoms with E-state index in [2.05, 4.69) is 6.92 Å². The fourth-order valence-corrected chi connectivity index (χ4v) is 2.23. The van der Waals surface area contributed by atoms with Gasteiger partial charge in [-0.25, -0.2) is 4.79 Å². The number of rotatable bonds is 10. The monoisotopic (exact) mass is 278 g/mol. The van der Waals surface area contributed by atoms with Gasteiger partial charge in [0.15, 0.2) is 0 Å². The number of hydrogen-bond acceptors (Lipinski definition) is 2. The minimum absolute atomic E-state index is 0.374. The zero-order valence-electron chi connectivity index (χ0n) is 12.7. The van der Waals surface area contributed by atoms with E-state index in [1.807, 2.05) is 13.0 Å². The van der Waals surface area contributed by atoms with Gasteiger partial charge < -0.3 is 9.84 Å². The number of unbranched alkanes of at least 4 members (excludes halogenated alkanes) is 5. The van der Waals surface area contributed by atoms with E-state index in [0.29, 0.717) is 18.6 Å². The second-order valence-corrected chi connectivity index (χ2v) is 5.09. The number of hydrogen-bond donors (Lipinski definition) is 1. The first-order chi connectivity index (χ1) is 9.69. The SMILES string of the molecule is CCCCCCCCOc1ccc(C(=O)O)c(CC)c1. The second kappa shape index (κ2) is 9.40. The third-order valence-corrected chi connectivity index (χ3v) is 3.45. The Morgan fingerprint density at radius 3 is 2.45 bits per heavy atom. The third kappa shape index (κ3) is 5.64. The van der Waals surface area contributed by atoms with Crippen LogP contribution in [0.1, 0.15) is 68.3 Å². The summed E-state index contributed by atoms with van der Waals surface area (Å²) in [6, 6.07) is 5.23. The first-order valence-electron chi connectivity index (χ1n) is 7.68. The zero-order chi connectivity index (χ0) is 14.8. The molecule has 0 aliphatic rings. The number of carboxylic acids is 1. The Kier molecular flexibility index (Phi) is 7.78. The minimum atomic E-state index is -0.871. The lowest BCUT2D eigenvalue weighted by Crippen LogP contribution is -2.03. The number of carbonyl (C=O) groups is 1. The molecule has 0 atom stereocenters. The van der Waals surface area contributed by atoms with Gasteiger partial charge in [-0.1, -0.05) is 46.0 Å². The minimum Gasteiger partial charge on any atom is -0.494 e. The predicted molar refractivity (Wildman–Crippen MR) is 81.7 cm³/mol. The molecule has 0 aliphatic heterocycles. The molecular weight excluding hydrogens is 252 g/mol. The largest absolute Gasteiger partial charge is 0.494 e. The van der Waals surface area contributed by atoms with Crippen LogP contribution in [0.5, 0.6) is 5.75 Å². The lowest BCUT2D eigenvalue weighted by Gasteiger charge is -2.09. The summed E-state index contributed by atoms with van der Waals surface area (Å²) in [6.07, 6.45) is 8.14. The Balaban J connectivity index is 2.35. The zero-order valence-corrected chi connectivity index (χ0v) is 12.7. The van der Waals surface area contributed by atoms with E-state index in [4.69, 9.17) is 9.84 Å². The highest BCUT2D eigenvalue weighted by molar-refractivity contribution is 5.89. The Labute approximate surface area is 122 Å². The van der Waals surface area contributed by atoms with Gasteiger partial charge in [-0.05, 0) is 36.6 Å². The molecule has 0 aromatic heterocycles. The van der Waals surface area contributed by atoms with Crippen molar-refractivity contribution in [1.29, 1.82) is 0 Å². The van der Waals surface area contributed by atoms with Crippen molar-refractivity contribution in [2.24, 2.45) is 0 Å². The molecular formula is C17H26O3. The first-order valence-corrected chi connectivity index (χ1v) is 7.68. The summed E-state index contributed by atoms with van der Waals surface area (Å²) >= 11 is 0. The summed E-state index contributed by atoms with van der Waals surface area (Å²) in [5.41, 5.74) is 1.21. The van der Waals surface area contributed by atoms with E-state index in [-0.39, 0.29) is 0 Å². The molecule has 0 saturated carbocycles. The van der Waals surface area contributed by atoms with Crippen LogP contribution in [0.15, 0.2) is 18.2 Å². The van der Waals surface area contributed by atoms with E-state index in [9.17, 15) is 4.79 Å². The predicted octanol–water partition coefficient (Wildman–Crippen LogP) is 4.69. The highest BCUT2D eigenvalue weighted by Gasteiger charge is 2.09. The summed E-state index contributed by atoms with van der Waals surface area (Å²) < 4.78 is 5.70. The van der Waals surface area contributed by atoms with Crippen LogP contribution in [0, 0.1) is 0 Å². The van der Waals surface area contributed by atoms with Crippen molar-refractivity contribution in [1.82, 2.24) is 0 Å². The van der Waals surface area contributed by atoms with Crippen LogP contribution in [-0.4, -0.2) is 17.7 Å². The van der Waals surface area contributed by atoms with Crippen LogP contribution in [0.4, 0.5) is 0 Å². The summed E-state index contributed by atoms with van der Waals surface area (Å²) in [5, 5.41) is 9.06. The first kappa shape index (κ1) is 16.5. The normalized spacial score (nSPS) is 10.5. The van der Waals surface area contributed by atoms with E-state index in [0.717, 1.165) is 17.7 Å². The highest BCUT2D eigenvalue weighted by atomic mass is 16.5. The molecule has 3 nitrogen and oxygen atoms in total. The average Bonchev–Trinajstić information content (AvgIpc) is 2.45. The molecule has 112 valence electrons. The maximum Gasteiger partial charge on any atom is 0.335 e. The lowest BCUT2D eigenvalue weighted by molar-refractivity contribution is 0.0695. The van der Waals surface area contributed by atoms with Crippen molar-refractivity contribution < 1.29 is 14.6 Å². The molecule has 0 bridgehead atoms. The van der Waals surface area contributed by atoms with Crippen molar-refractivity contribution in [2.75, 3.05) is 6.61 Å². The van der Waals surface area contributed by atoms with Crippen molar-refractivity contribution in [3.8, 4) is 5.75 Å². The number of aryl methyl sites for hydroxylation is 1. The summed E-state index contributed by atoms with van der Waals surface area (Å²) in [5.74, 6) is -0.0928. The van der Waals surface area contributed by atoms with Crippen molar-refractivity contribution in [2.45, 2.75) is 58.8 Å². The molecule has 0 saturated heterocycles. The molecule has 0 heterocycles. The van der Waals surface area contributed by atoms with Crippen LogP contribution in [0.25, 0.3) is 0 Å². The molecule has 0 spiro atoms. The van der Waals surface area contributed by atoms with Gasteiger partial charge in [0.25, 0.3) is 0 Å². The molecule has 0 unspecified atom stereocenters. The molecule has 0 fully saturated rings. The topological polar surface area (TPSA) is 46.5 Å². The van der Waals surface area contributed by atoms with Gasteiger partial charge in [-0.3, -0.25) is 0 Å². The molecule has 3 heteroatoms. The number of carboxylic acid groups (broad SMARTS) is 1. The van der Waals surface area contributed by atoms with Gasteiger partial charge in [0.2, 0.25) is 0 Å². The number of aromatic carboxylic acids is 1. The Bertz CT molecular complexity index is 413. The Morgan fingerprint density at radius 2 is 1.80 bits per heavy atom. The molecule has 1 aromatic rings. The van der Waals surface area contributed by atoms with Crippen LogP contribution >= 0.6 is 0 Å². The van der Waals surface area contributed by atoms with Gasteiger partial charge in [0, 0.05) is 0 Å². The third-order valence-electron chi connectivity index (χ3n) is 3.45. The maximum absolute atomic E-state index is 11.0. The van der Waals surface area contributed by atoms with Gasteiger partial charge in [-0.15, -0.1) is 0 Å². The lowest BCUT2D eigenvalue weighted by atomic mass is 10.1. The van der Waals surface area contributed by atoms with Crippen LogP contribution in [0.2, 0.25) is 0 Å². The Morgan fingerprint density at radius 1 is 1.10 bits per heavy atom. The van der Waals surface area contributed by atoms with E-state index in [1.165, 1.54) is 32.1 Å². The van der Waals surface area contributed by atoms with Crippen LogP contribution in [0.3, 0.4) is 0 Å². The smallest absolute Gasteiger partial charge is 0.335 e. The van der Waals surface area contributed by atoms with Gasteiger partial charge in [0.1, 0.15) is 5.75 Å². The molecule has 20 heavy (non-hydrogen) atoms. The standard InChI is InChI=1S/C17H26O3/c1-3-5-6-7-8-9-12-20-15-10-11-16(17(18)19)14(4-2)13-15/h10-11,13H,3-9,12H2,1-2H3,(H,18,19). The van der Waals surface area contributed by atoms with Crippen LogP contribution in [-0.2, 0) is 6.42 Å². The second-order valence-electron chi connectivity index (χ2n) is 5.09. The van der Waals surface area contributed by atoms with Crippen molar-refractivity contribution in [3.63, 3.8) is 0 Å². The van der Waals surface area contributed by atoms with Gasteiger partial charge >= 0.3 is 5.97 Å². The fraction of sp³-hybridized carbons (Fsp3) is 0.588. The molecule has 1 rings (SSSR count). The fourth-order valence-electron chi connectivity index (χ4n) is 2.23. The summed E-state index contributed by atoms with van der Waals surface area (Å²) in [7, 11) is 0. The van der Waals surface area contributed by atoms with E-state index >= 15 is 0 Å². The maximum atomic E-state index is 11.0. The van der Waals surface area contributed by atoms with Gasteiger partial charge in [0.05, 0.1) is 12.2 Å². The highest BCUT2D eigenvalue weighted by Crippen LogP contribution is 2.19. The average molecular weight is 278 g/mol. The molecule has 1 aromatic carbocycles. The van der Waals surface area contributed by atoms with E-state index in [1.54, 1.807) is 12.1 Å². The van der Waals surface area contributed by atoms with E-state index < -0.39 is 5.97 Å². The summed E-state index contributed by atoms with van der Waals surface area (Å²) in [6.45, 7) is 4.89. The molecule has 0 aliphatic carbocycles. The van der Waals surface area contributed by atoms with Crippen molar-refractivity contribution in [3.05, 3.63) is 29.3 Å². The van der Waals surface area contributed by atoms with Crippen molar-refractivity contribution >= 4 is 5.97 Å². The molecule has 0 radical (unpaired) electrons.